The Labute approximate surface area is 175 Å². The first-order chi connectivity index (χ1) is 14.0. The third kappa shape index (κ3) is 4.50. The summed E-state index contributed by atoms with van der Waals surface area (Å²) < 4.78 is 13.7. The van der Waals surface area contributed by atoms with E-state index in [9.17, 15) is 9.90 Å². The molecular formula is C21H20N2O4S2. The van der Waals surface area contributed by atoms with Crippen LogP contribution in [0.4, 0.5) is 5.69 Å². The zero-order valence-electron chi connectivity index (χ0n) is 16.0. The molecule has 0 bridgehead atoms. The van der Waals surface area contributed by atoms with Crippen LogP contribution < -0.4 is 14.8 Å². The van der Waals surface area contributed by atoms with Gasteiger partial charge in [-0.05, 0) is 42.6 Å². The fourth-order valence-corrected chi connectivity index (χ4v) is 4.80. The number of nitrogens with one attached hydrogen (secondary N) is 1. The van der Waals surface area contributed by atoms with Crippen molar-refractivity contribution < 1.29 is 19.4 Å². The van der Waals surface area contributed by atoms with Gasteiger partial charge in [-0.25, -0.2) is 4.98 Å². The van der Waals surface area contributed by atoms with Crippen molar-refractivity contribution in [3.63, 3.8) is 0 Å². The highest BCUT2D eigenvalue weighted by molar-refractivity contribution is 7.21. The van der Waals surface area contributed by atoms with Gasteiger partial charge in [-0.1, -0.05) is 0 Å². The van der Waals surface area contributed by atoms with Crippen molar-refractivity contribution in [2.24, 2.45) is 0 Å². The molecule has 0 aliphatic rings. The monoisotopic (exact) mass is 428 g/mol. The van der Waals surface area contributed by atoms with Gasteiger partial charge in [-0.15, -0.1) is 22.7 Å². The van der Waals surface area contributed by atoms with Gasteiger partial charge in [0.05, 0.1) is 19.9 Å². The average Bonchev–Trinajstić information content (AvgIpc) is 3.31. The maximum absolute atomic E-state index is 11.0. The molecule has 0 fully saturated rings. The second-order valence-electron chi connectivity index (χ2n) is 6.60. The molecule has 1 atom stereocenters. The smallest absolute Gasteiger partial charge is 0.221 e. The lowest BCUT2D eigenvalue weighted by Gasteiger charge is -2.14. The molecule has 1 unspecified atom stereocenters. The Kier molecular flexibility index (Phi) is 5.66. The van der Waals surface area contributed by atoms with Gasteiger partial charge >= 0.3 is 0 Å². The van der Waals surface area contributed by atoms with Crippen molar-refractivity contribution in [2.75, 3.05) is 18.5 Å². The molecule has 0 saturated heterocycles. The van der Waals surface area contributed by atoms with Crippen LogP contribution in [-0.4, -0.2) is 35.3 Å². The van der Waals surface area contributed by atoms with Crippen LogP contribution in [0.15, 0.2) is 41.8 Å². The number of amides is 1. The van der Waals surface area contributed by atoms with E-state index in [-0.39, 0.29) is 19.1 Å². The Morgan fingerprint density at radius 3 is 2.72 bits per heavy atom. The topological polar surface area (TPSA) is 80.7 Å². The van der Waals surface area contributed by atoms with Gasteiger partial charge in [-0.3, -0.25) is 4.79 Å². The van der Waals surface area contributed by atoms with E-state index in [1.54, 1.807) is 46.9 Å². The van der Waals surface area contributed by atoms with Gasteiger partial charge in [0.15, 0.2) is 0 Å². The van der Waals surface area contributed by atoms with Crippen LogP contribution in [0.5, 0.6) is 11.5 Å². The van der Waals surface area contributed by atoms with Crippen molar-refractivity contribution in [3.05, 3.63) is 46.8 Å². The Morgan fingerprint density at radius 1 is 1.21 bits per heavy atom. The molecule has 4 rings (SSSR count). The van der Waals surface area contributed by atoms with Gasteiger partial charge < -0.3 is 19.9 Å². The molecule has 0 saturated carbocycles. The number of carbonyl (C=O) groups is 1. The Bertz CT molecular complexity index is 1150. The number of aryl methyl sites for hydroxylation is 1. The Hall–Kier alpha value is -2.68. The third-order valence-corrected chi connectivity index (χ3v) is 6.06. The highest BCUT2D eigenvalue weighted by atomic mass is 32.1. The molecule has 150 valence electrons. The first-order valence-electron chi connectivity index (χ1n) is 9.08. The summed E-state index contributed by atoms with van der Waals surface area (Å²) in [6.07, 6.45) is -0.780. The number of hydrogen-bond donors (Lipinski definition) is 2. The van der Waals surface area contributed by atoms with E-state index >= 15 is 0 Å². The van der Waals surface area contributed by atoms with Crippen LogP contribution in [0.3, 0.4) is 0 Å². The van der Waals surface area contributed by atoms with Gasteiger partial charge in [0, 0.05) is 24.1 Å². The maximum atomic E-state index is 11.0. The van der Waals surface area contributed by atoms with Gasteiger partial charge in [-0.2, -0.15) is 0 Å². The normalized spacial score (nSPS) is 12.2. The lowest BCUT2D eigenvalue weighted by atomic mass is 10.2. The number of fused-ring (bicyclic) bond motifs is 3. The molecular weight excluding hydrogens is 408 g/mol. The third-order valence-electron chi connectivity index (χ3n) is 4.22. The summed E-state index contributed by atoms with van der Waals surface area (Å²) in [5.41, 5.74) is 1.71. The van der Waals surface area contributed by atoms with E-state index < -0.39 is 6.10 Å². The zero-order chi connectivity index (χ0) is 20.4. The van der Waals surface area contributed by atoms with Crippen molar-refractivity contribution in [3.8, 4) is 11.5 Å². The van der Waals surface area contributed by atoms with Gasteiger partial charge in [0.1, 0.15) is 30.8 Å². The minimum atomic E-state index is -0.780. The summed E-state index contributed by atoms with van der Waals surface area (Å²) in [7, 11) is 0. The number of aromatic nitrogens is 1. The molecule has 0 aliphatic heterocycles. The van der Waals surface area contributed by atoms with Crippen LogP contribution >= 0.6 is 22.7 Å². The summed E-state index contributed by atoms with van der Waals surface area (Å²) in [4.78, 5) is 15.7. The minimum Gasteiger partial charge on any atom is -0.491 e. The van der Waals surface area contributed by atoms with Crippen LogP contribution in [-0.2, 0) is 4.79 Å². The molecule has 2 N–H and O–H groups in total. The zero-order valence-corrected chi connectivity index (χ0v) is 17.6. The first-order valence-corrected chi connectivity index (χ1v) is 10.8. The number of hydrogen-bond acceptors (Lipinski definition) is 7. The van der Waals surface area contributed by atoms with E-state index in [1.807, 2.05) is 24.4 Å². The van der Waals surface area contributed by atoms with Gasteiger partial charge in [0.2, 0.25) is 5.91 Å². The van der Waals surface area contributed by atoms with E-state index in [4.69, 9.17) is 9.47 Å². The predicted octanol–water partition coefficient (Wildman–Crippen LogP) is 4.60. The number of carbonyl (C=O) groups excluding carboxylic acids is 1. The molecule has 2 aromatic heterocycles. The quantitative estimate of drug-likeness (QED) is 0.450. The lowest BCUT2D eigenvalue weighted by Crippen LogP contribution is -2.25. The molecule has 1 amide bonds. The van der Waals surface area contributed by atoms with Gasteiger partial charge in [0.25, 0.3) is 0 Å². The molecule has 2 heterocycles. The molecule has 0 spiro atoms. The van der Waals surface area contributed by atoms with Crippen molar-refractivity contribution in [2.45, 2.75) is 20.0 Å². The SMILES string of the molecule is CC(=O)Nc1ccc(OCC(O)COc2cc3sc(C)nc3c3sccc23)cc1. The van der Waals surface area contributed by atoms with Crippen molar-refractivity contribution in [1.29, 1.82) is 0 Å². The number of thiophene rings is 1. The number of rotatable bonds is 7. The highest BCUT2D eigenvalue weighted by Gasteiger charge is 2.14. The number of nitrogens with zero attached hydrogens (tertiary/aromatic N) is 1. The standard InChI is InChI=1S/C21H20N2O4S2/c1-12(24)22-14-3-5-16(6-4-14)26-10-15(25)11-27-18-9-19-20(23-13(2)29-19)21-17(18)7-8-28-21/h3-9,15,25H,10-11H2,1-2H3,(H,22,24). The second kappa shape index (κ2) is 8.36. The van der Waals surface area contributed by atoms with Crippen LogP contribution in [0.25, 0.3) is 20.3 Å². The first kappa shape index (κ1) is 19.6. The van der Waals surface area contributed by atoms with E-state index in [0.717, 1.165) is 31.1 Å². The molecule has 0 aliphatic carbocycles. The summed E-state index contributed by atoms with van der Waals surface area (Å²) in [5, 5.41) is 17.0. The number of aliphatic hydroxyl groups excluding tert-OH is 1. The lowest BCUT2D eigenvalue weighted by molar-refractivity contribution is -0.114. The number of ether oxygens (including phenoxy) is 2. The van der Waals surface area contributed by atoms with E-state index in [2.05, 4.69) is 10.3 Å². The number of aliphatic hydroxyl groups is 1. The maximum Gasteiger partial charge on any atom is 0.221 e. The van der Waals surface area contributed by atoms with Crippen LogP contribution in [0.1, 0.15) is 11.9 Å². The largest absolute Gasteiger partial charge is 0.491 e. The molecule has 8 heteroatoms. The molecule has 4 aromatic rings. The molecule has 6 nitrogen and oxygen atoms in total. The number of anilines is 1. The van der Waals surface area contributed by atoms with Crippen LogP contribution in [0.2, 0.25) is 0 Å². The minimum absolute atomic E-state index is 0.105. The van der Waals surface area contributed by atoms with Crippen molar-refractivity contribution in [1.82, 2.24) is 4.98 Å². The highest BCUT2D eigenvalue weighted by Crippen LogP contribution is 2.38. The Balaban J connectivity index is 1.37. The second-order valence-corrected chi connectivity index (χ2v) is 8.75. The average molecular weight is 429 g/mol. The van der Waals surface area contributed by atoms with E-state index in [0.29, 0.717) is 11.4 Å². The fraction of sp³-hybridized carbons (Fsp3) is 0.238. The summed E-state index contributed by atoms with van der Waals surface area (Å²) in [6, 6.07) is 11.0. The number of benzene rings is 2. The van der Waals surface area contributed by atoms with Crippen molar-refractivity contribution >= 4 is 54.6 Å². The van der Waals surface area contributed by atoms with E-state index in [1.165, 1.54) is 6.92 Å². The molecule has 0 radical (unpaired) electrons. The molecule has 2 aromatic carbocycles. The Morgan fingerprint density at radius 2 is 1.97 bits per heavy atom. The summed E-state index contributed by atoms with van der Waals surface area (Å²) in [5.74, 6) is 1.23. The summed E-state index contributed by atoms with van der Waals surface area (Å²) in [6.45, 7) is 3.68. The predicted molar refractivity (Wildman–Crippen MR) is 117 cm³/mol. The fourth-order valence-electron chi connectivity index (χ4n) is 2.97. The summed E-state index contributed by atoms with van der Waals surface area (Å²) >= 11 is 3.27. The van der Waals surface area contributed by atoms with Crippen LogP contribution in [0, 0.1) is 6.92 Å². The molecule has 29 heavy (non-hydrogen) atoms. The number of thiazole rings is 1.